The third-order valence-electron chi connectivity index (χ3n) is 3.12. The van der Waals surface area contributed by atoms with E-state index in [1.165, 1.54) is 18.4 Å². The maximum atomic E-state index is 6.31. The van der Waals surface area contributed by atoms with E-state index in [2.05, 4.69) is 54.2 Å². The molecular weight excluding hydrogens is 298 g/mol. The number of hydrogen-bond donors (Lipinski definition) is 1. The molecule has 96 valence electrons. The number of halogens is 2. The summed E-state index contributed by atoms with van der Waals surface area (Å²) in [5, 5.41) is 4.41. The van der Waals surface area contributed by atoms with Crippen molar-refractivity contribution in [2.24, 2.45) is 0 Å². The summed E-state index contributed by atoms with van der Waals surface area (Å²) in [4.78, 5) is 0. The molecule has 0 aliphatic rings. The first-order chi connectivity index (χ1) is 8.10. The van der Waals surface area contributed by atoms with E-state index in [4.69, 9.17) is 11.6 Å². The van der Waals surface area contributed by atoms with Crippen molar-refractivity contribution < 1.29 is 0 Å². The van der Waals surface area contributed by atoms with Gasteiger partial charge in [0.05, 0.1) is 0 Å². The molecule has 2 atom stereocenters. The van der Waals surface area contributed by atoms with Crippen LogP contribution in [0.2, 0.25) is 5.02 Å². The van der Waals surface area contributed by atoms with E-state index >= 15 is 0 Å². The molecule has 0 aromatic heterocycles. The molecule has 17 heavy (non-hydrogen) atoms. The van der Waals surface area contributed by atoms with Gasteiger partial charge in [-0.1, -0.05) is 60.8 Å². The van der Waals surface area contributed by atoms with Gasteiger partial charge in [-0.05, 0) is 36.6 Å². The number of likely N-dealkylation sites (N-methyl/N-ethyl adjacent to an activating group) is 1. The lowest BCUT2D eigenvalue weighted by Crippen LogP contribution is -2.33. The highest BCUT2D eigenvalue weighted by molar-refractivity contribution is 9.10. The second-order valence-electron chi connectivity index (χ2n) is 4.41. The third kappa shape index (κ3) is 4.27. The van der Waals surface area contributed by atoms with Gasteiger partial charge in [-0.3, -0.25) is 0 Å². The van der Waals surface area contributed by atoms with E-state index in [0.717, 1.165) is 16.0 Å². The second-order valence-corrected chi connectivity index (χ2v) is 5.73. The second kappa shape index (κ2) is 7.40. The molecule has 0 amide bonds. The fourth-order valence-electron chi connectivity index (χ4n) is 2.19. The standard InChI is InChI=1S/C14H21BrClN/c1-4-6-14(17-5-2)10(3)12-8-7-11(15)9-13(12)16/h7-10,14,17H,4-6H2,1-3H3. The van der Waals surface area contributed by atoms with Crippen molar-refractivity contribution in [1.82, 2.24) is 5.32 Å². The van der Waals surface area contributed by atoms with Crippen LogP contribution in [0.25, 0.3) is 0 Å². The average Bonchev–Trinajstić information content (AvgIpc) is 2.28. The molecule has 1 nitrogen and oxygen atoms in total. The van der Waals surface area contributed by atoms with E-state index in [1.807, 2.05) is 6.07 Å². The van der Waals surface area contributed by atoms with Crippen LogP contribution in [-0.4, -0.2) is 12.6 Å². The van der Waals surface area contributed by atoms with Crippen LogP contribution in [0.5, 0.6) is 0 Å². The predicted molar refractivity (Wildman–Crippen MR) is 79.9 cm³/mol. The summed E-state index contributed by atoms with van der Waals surface area (Å²) in [6, 6.07) is 6.66. The molecule has 0 saturated carbocycles. The zero-order valence-corrected chi connectivity index (χ0v) is 13.1. The van der Waals surface area contributed by atoms with Crippen LogP contribution < -0.4 is 5.32 Å². The van der Waals surface area contributed by atoms with Gasteiger partial charge in [-0.2, -0.15) is 0 Å². The van der Waals surface area contributed by atoms with Crippen molar-refractivity contribution in [3.63, 3.8) is 0 Å². The Bertz CT molecular complexity index is 348. The lowest BCUT2D eigenvalue weighted by Gasteiger charge is -2.25. The Balaban J connectivity index is 2.88. The molecule has 0 aliphatic heterocycles. The van der Waals surface area contributed by atoms with E-state index in [9.17, 15) is 0 Å². The highest BCUT2D eigenvalue weighted by Gasteiger charge is 2.19. The molecule has 1 aromatic rings. The first kappa shape index (κ1) is 15.0. The van der Waals surface area contributed by atoms with Crippen LogP contribution in [-0.2, 0) is 0 Å². The first-order valence-electron chi connectivity index (χ1n) is 6.28. The summed E-state index contributed by atoms with van der Waals surface area (Å²) >= 11 is 9.75. The summed E-state index contributed by atoms with van der Waals surface area (Å²) in [6.45, 7) is 7.63. The fraction of sp³-hybridized carbons (Fsp3) is 0.571. The quantitative estimate of drug-likeness (QED) is 0.779. The van der Waals surface area contributed by atoms with E-state index in [0.29, 0.717) is 12.0 Å². The molecule has 3 heteroatoms. The molecule has 1 rings (SSSR count). The Hall–Kier alpha value is -0.0500. The summed E-state index contributed by atoms with van der Waals surface area (Å²) < 4.78 is 1.04. The molecule has 0 aliphatic carbocycles. The van der Waals surface area contributed by atoms with Crippen LogP contribution in [0.15, 0.2) is 22.7 Å². The van der Waals surface area contributed by atoms with Crippen LogP contribution in [0, 0.1) is 0 Å². The molecule has 1 N–H and O–H groups in total. The number of rotatable bonds is 6. The van der Waals surface area contributed by atoms with Crippen molar-refractivity contribution in [2.75, 3.05) is 6.54 Å². The minimum atomic E-state index is 0.440. The van der Waals surface area contributed by atoms with Crippen LogP contribution in [0.4, 0.5) is 0 Å². The van der Waals surface area contributed by atoms with Crippen LogP contribution in [0.1, 0.15) is 45.1 Å². The molecule has 0 spiro atoms. The monoisotopic (exact) mass is 317 g/mol. The van der Waals surface area contributed by atoms with Crippen LogP contribution in [0.3, 0.4) is 0 Å². The Morgan fingerprint density at radius 2 is 2.06 bits per heavy atom. The summed E-state index contributed by atoms with van der Waals surface area (Å²) in [5.74, 6) is 0.440. The zero-order valence-electron chi connectivity index (χ0n) is 10.8. The highest BCUT2D eigenvalue weighted by atomic mass is 79.9. The molecule has 0 bridgehead atoms. The Morgan fingerprint density at radius 1 is 1.35 bits per heavy atom. The van der Waals surface area contributed by atoms with Gasteiger partial charge in [0.25, 0.3) is 0 Å². The highest BCUT2D eigenvalue weighted by Crippen LogP contribution is 2.30. The number of benzene rings is 1. The minimum absolute atomic E-state index is 0.440. The Kier molecular flexibility index (Phi) is 6.53. The zero-order chi connectivity index (χ0) is 12.8. The molecule has 0 saturated heterocycles. The maximum absolute atomic E-state index is 6.31. The smallest absolute Gasteiger partial charge is 0.0452 e. The summed E-state index contributed by atoms with van der Waals surface area (Å²) in [5.41, 5.74) is 1.23. The Morgan fingerprint density at radius 3 is 2.59 bits per heavy atom. The number of nitrogens with one attached hydrogen (secondary N) is 1. The van der Waals surface area contributed by atoms with Gasteiger partial charge in [-0.15, -0.1) is 0 Å². The fourth-order valence-corrected chi connectivity index (χ4v) is 3.04. The van der Waals surface area contributed by atoms with Gasteiger partial charge >= 0.3 is 0 Å². The summed E-state index contributed by atoms with van der Waals surface area (Å²) in [7, 11) is 0. The number of hydrogen-bond acceptors (Lipinski definition) is 1. The van der Waals surface area contributed by atoms with E-state index in [1.54, 1.807) is 0 Å². The normalized spacial score (nSPS) is 14.6. The molecule has 1 aromatic carbocycles. The topological polar surface area (TPSA) is 12.0 Å². The van der Waals surface area contributed by atoms with Gasteiger partial charge in [0.1, 0.15) is 0 Å². The van der Waals surface area contributed by atoms with Crippen LogP contribution >= 0.6 is 27.5 Å². The lowest BCUT2D eigenvalue weighted by atomic mass is 9.90. The van der Waals surface area contributed by atoms with Crippen molar-refractivity contribution in [2.45, 2.75) is 45.6 Å². The predicted octanol–water partition coefficient (Wildman–Crippen LogP) is 4.98. The molecule has 0 fully saturated rings. The van der Waals surface area contributed by atoms with Gasteiger partial charge in [0, 0.05) is 15.5 Å². The van der Waals surface area contributed by atoms with Crippen molar-refractivity contribution >= 4 is 27.5 Å². The minimum Gasteiger partial charge on any atom is -0.314 e. The van der Waals surface area contributed by atoms with Crippen molar-refractivity contribution in [3.05, 3.63) is 33.3 Å². The Labute approximate surface area is 118 Å². The first-order valence-corrected chi connectivity index (χ1v) is 7.45. The third-order valence-corrected chi connectivity index (χ3v) is 3.94. The summed E-state index contributed by atoms with van der Waals surface area (Å²) in [6.07, 6.45) is 2.37. The van der Waals surface area contributed by atoms with E-state index < -0.39 is 0 Å². The SMILES string of the molecule is CCCC(NCC)C(C)c1ccc(Br)cc1Cl. The lowest BCUT2D eigenvalue weighted by molar-refractivity contribution is 0.430. The van der Waals surface area contributed by atoms with Crippen molar-refractivity contribution in [1.29, 1.82) is 0 Å². The maximum Gasteiger partial charge on any atom is 0.0452 e. The van der Waals surface area contributed by atoms with Crippen molar-refractivity contribution in [3.8, 4) is 0 Å². The molecular formula is C14H21BrClN. The molecule has 0 heterocycles. The van der Waals surface area contributed by atoms with Gasteiger partial charge in [0.2, 0.25) is 0 Å². The average molecular weight is 319 g/mol. The largest absolute Gasteiger partial charge is 0.314 e. The molecule has 0 radical (unpaired) electrons. The van der Waals surface area contributed by atoms with Gasteiger partial charge in [0.15, 0.2) is 0 Å². The van der Waals surface area contributed by atoms with Gasteiger partial charge in [-0.25, -0.2) is 0 Å². The van der Waals surface area contributed by atoms with Gasteiger partial charge < -0.3 is 5.32 Å². The molecule has 2 unspecified atom stereocenters. The van der Waals surface area contributed by atoms with E-state index in [-0.39, 0.29) is 0 Å².